The number of hydrogen-bond donors (Lipinski definition) is 2. The van der Waals surface area contributed by atoms with Gasteiger partial charge < -0.3 is 10.6 Å². The van der Waals surface area contributed by atoms with Gasteiger partial charge in [0.05, 0.1) is 11.8 Å². The van der Waals surface area contributed by atoms with Crippen molar-refractivity contribution in [1.29, 1.82) is 0 Å². The standard InChI is InChI=1S/C19H25FN2O2/c20-17-10-6-5-7-13(17)12-21-18(23)15-11-16(15)19(24)22-14-8-3-1-2-4-9-14/h5-7,10,14-16H,1-4,8-9,11-12H2,(H,21,23)(H,22,24). The number of benzene rings is 1. The van der Waals surface area contributed by atoms with Gasteiger partial charge in [-0.3, -0.25) is 9.59 Å². The van der Waals surface area contributed by atoms with Crippen LogP contribution >= 0.6 is 0 Å². The molecule has 2 unspecified atom stereocenters. The van der Waals surface area contributed by atoms with Crippen LogP contribution in [0.5, 0.6) is 0 Å². The number of carbonyl (C=O) groups is 2. The normalized spacial score (nSPS) is 24.0. The Morgan fingerprint density at radius 3 is 2.38 bits per heavy atom. The predicted molar refractivity (Wildman–Crippen MR) is 89.5 cm³/mol. The average molecular weight is 332 g/mol. The molecule has 1 aromatic rings. The summed E-state index contributed by atoms with van der Waals surface area (Å²) in [7, 11) is 0. The zero-order chi connectivity index (χ0) is 16.9. The molecule has 4 nitrogen and oxygen atoms in total. The van der Waals surface area contributed by atoms with E-state index in [2.05, 4.69) is 10.6 Å². The van der Waals surface area contributed by atoms with Crippen LogP contribution in [0.15, 0.2) is 24.3 Å². The van der Waals surface area contributed by atoms with Gasteiger partial charge in [0.15, 0.2) is 0 Å². The Kier molecular flexibility index (Phi) is 5.48. The van der Waals surface area contributed by atoms with Crippen LogP contribution in [0.4, 0.5) is 4.39 Å². The zero-order valence-electron chi connectivity index (χ0n) is 13.9. The first-order valence-corrected chi connectivity index (χ1v) is 8.96. The largest absolute Gasteiger partial charge is 0.353 e. The highest BCUT2D eigenvalue weighted by Gasteiger charge is 2.48. The van der Waals surface area contributed by atoms with Gasteiger partial charge in [-0.15, -0.1) is 0 Å². The molecule has 2 saturated carbocycles. The third-order valence-corrected chi connectivity index (χ3v) is 5.08. The molecule has 0 aromatic heterocycles. The summed E-state index contributed by atoms with van der Waals surface area (Å²) in [6.45, 7) is 0.166. The highest BCUT2D eigenvalue weighted by atomic mass is 19.1. The monoisotopic (exact) mass is 332 g/mol. The van der Waals surface area contributed by atoms with Crippen LogP contribution in [0.1, 0.15) is 50.5 Å². The first-order valence-electron chi connectivity index (χ1n) is 8.96. The summed E-state index contributed by atoms with van der Waals surface area (Å²) in [4.78, 5) is 24.4. The third-order valence-electron chi connectivity index (χ3n) is 5.08. The summed E-state index contributed by atoms with van der Waals surface area (Å²) in [5, 5.41) is 5.85. The molecule has 2 aliphatic carbocycles. The minimum atomic E-state index is -0.323. The number of carbonyl (C=O) groups excluding carboxylic acids is 2. The summed E-state index contributed by atoms with van der Waals surface area (Å²) in [5.41, 5.74) is 0.464. The van der Waals surface area contributed by atoms with E-state index in [4.69, 9.17) is 0 Å². The number of hydrogen-bond acceptors (Lipinski definition) is 2. The summed E-state index contributed by atoms with van der Waals surface area (Å²) < 4.78 is 13.5. The van der Waals surface area contributed by atoms with E-state index < -0.39 is 0 Å². The van der Waals surface area contributed by atoms with Crippen molar-refractivity contribution < 1.29 is 14.0 Å². The molecule has 0 heterocycles. The predicted octanol–water partition coefficient (Wildman–Crippen LogP) is 2.92. The summed E-state index contributed by atoms with van der Waals surface area (Å²) in [6, 6.07) is 6.66. The van der Waals surface area contributed by atoms with E-state index in [1.165, 1.54) is 31.7 Å². The van der Waals surface area contributed by atoms with Crippen LogP contribution in [0.25, 0.3) is 0 Å². The van der Waals surface area contributed by atoms with Gasteiger partial charge in [0, 0.05) is 18.2 Å². The quantitative estimate of drug-likeness (QED) is 0.815. The molecule has 1 aromatic carbocycles. The molecule has 3 rings (SSSR count). The maximum Gasteiger partial charge on any atom is 0.224 e. The average Bonchev–Trinajstić information content (AvgIpc) is 3.38. The summed E-state index contributed by atoms with van der Waals surface area (Å²) >= 11 is 0. The van der Waals surface area contributed by atoms with Gasteiger partial charge in [-0.25, -0.2) is 4.39 Å². The van der Waals surface area contributed by atoms with Gasteiger partial charge in [-0.05, 0) is 25.3 Å². The zero-order valence-corrected chi connectivity index (χ0v) is 13.9. The molecule has 2 amide bonds. The SMILES string of the molecule is O=C(NCc1ccccc1F)C1CC1C(=O)NC1CCCCCC1. The molecule has 2 N–H and O–H groups in total. The van der Waals surface area contributed by atoms with Crippen molar-refractivity contribution in [2.24, 2.45) is 11.8 Å². The molecule has 2 aliphatic rings. The Morgan fingerprint density at radius 1 is 1.00 bits per heavy atom. The van der Waals surface area contributed by atoms with Crippen molar-refractivity contribution in [3.8, 4) is 0 Å². The summed E-state index contributed by atoms with van der Waals surface area (Å²) in [6.07, 6.45) is 7.52. The fourth-order valence-corrected chi connectivity index (χ4v) is 3.46. The van der Waals surface area contributed by atoms with Crippen LogP contribution in [0.3, 0.4) is 0 Å². The van der Waals surface area contributed by atoms with Crippen LogP contribution in [-0.4, -0.2) is 17.9 Å². The Labute approximate surface area is 142 Å². The molecular weight excluding hydrogens is 307 g/mol. The van der Waals surface area contributed by atoms with Gasteiger partial charge in [0.2, 0.25) is 11.8 Å². The number of amides is 2. The second kappa shape index (κ2) is 7.77. The van der Waals surface area contributed by atoms with Crippen molar-refractivity contribution in [2.75, 3.05) is 0 Å². The topological polar surface area (TPSA) is 58.2 Å². The lowest BCUT2D eigenvalue weighted by Gasteiger charge is -2.16. The first-order chi connectivity index (χ1) is 11.6. The molecule has 2 atom stereocenters. The Morgan fingerprint density at radius 2 is 1.67 bits per heavy atom. The molecule has 0 saturated heterocycles. The fraction of sp³-hybridized carbons (Fsp3) is 0.579. The van der Waals surface area contributed by atoms with Gasteiger partial charge in [0.1, 0.15) is 5.82 Å². The minimum absolute atomic E-state index is 0.00735. The van der Waals surface area contributed by atoms with Gasteiger partial charge >= 0.3 is 0 Å². The fourth-order valence-electron chi connectivity index (χ4n) is 3.46. The van der Waals surface area contributed by atoms with Gasteiger partial charge in [-0.2, -0.15) is 0 Å². The van der Waals surface area contributed by atoms with E-state index >= 15 is 0 Å². The van der Waals surface area contributed by atoms with Crippen molar-refractivity contribution in [2.45, 2.75) is 57.5 Å². The van der Waals surface area contributed by atoms with Crippen molar-refractivity contribution in [3.05, 3.63) is 35.6 Å². The Bertz CT molecular complexity index is 597. The molecular formula is C19H25FN2O2. The molecule has 2 fully saturated rings. The second-order valence-electron chi connectivity index (χ2n) is 6.95. The molecule has 5 heteroatoms. The van der Waals surface area contributed by atoms with Crippen molar-refractivity contribution in [3.63, 3.8) is 0 Å². The van der Waals surface area contributed by atoms with Gasteiger partial charge in [0.25, 0.3) is 0 Å². The maximum atomic E-state index is 13.5. The number of nitrogens with one attached hydrogen (secondary N) is 2. The minimum Gasteiger partial charge on any atom is -0.353 e. The lowest BCUT2D eigenvalue weighted by atomic mass is 10.1. The lowest BCUT2D eigenvalue weighted by molar-refractivity contribution is -0.127. The lowest BCUT2D eigenvalue weighted by Crippen LogP contribution is -2.37. The first kappa shape index (κ1) is 16.9. The number of rotatable bonds is 5. The highest BCUT2D eigenvalue weighted by Crippen LogP contribution is 2.39. The second-order valence-corrected chi connectivity index (χ2v) is 6.95. The molecule has 0 spiro atoms. The van der Waals surface area contributed by atoms with Crippen LogP contribution in [-0.2, 0) is 16.1 Å². The molecule has 130 valence electrons. The van der Waals surface area contributed by atoms with Crippen molar-refractivity contribution >= 4 is 11.8 Å². The van der Waals surface area contributed by atoms with E-state index in [0.29, 0.717) is 12.0 Å². The Balaban J connectivity index is 1.43. The molecule has 0 radical (unpaired) electrons. The van der Waals surface area contributed by atoms with Crippen LogP contribution in [0.2, 0.25) is 0 Å². The Hall–Kier alpha value is -1.91. The van der Waals surface area contributed by atoms with Gasteiger partial charge in [-0.1, -0.05) is 43.9 Å². The smallest absolute Gasteiger partial charge is 0.224 e. The van der Waals surface area contributed by atoms with Crippen LogP contribution in [0, 0.1) is 17.7 Å². The molecule has 0 bridgehead atoms. The van der Waals surface area contributed by atoms with Crippen LogP contribution < -0.4 is 10.6 Å². The van der Waals surface area contributed by atoms with E-state index in [0.717, 1.165) is 12.8 Å². The third kappa shape index (κ3) is 4.34. The van der Waals surface area contributed by atoms with E-state index in [1.807, 2.05) is 0 Å². The van der Waals surface area contributed by atoms with E-state index in [-0.39, 0.29) is 42.1 Å². The molecule has 24 heavy (non-hydrogen) atoms. The molecule has 0 aliphatic heterocycles. The van der Waals surface area contributed by atoms with E-state index in [9.17, 15) is 14.0 Å². The van der Waals surface area contributed by atoms with E-state index in [1.54, 1.807) is 18.2 Å². The maximum absolute atomic E-state index is 13.5. The van der Waals surface area contributed by atoms with Crippen molar-refractivity contribution in [1.82, 2.24) is 10.6 Å². The summed E-state index contributed by atoms with van der Waals surface area (Å²) in [5.74, 6) is -0.945. The highest BCUT2D eigenvalue weighted by molar-refractivity contribution is 5.92. The number of halogens is 1.